The topological polar surface area (TPSA) is 55.0 Å². The van der Waals surface area contributed by atoms with Crippen molar-refractivity contribution in [1.82, 2.24) is 9.97 Å². The lowest BCUT2D eigenvalue weighted by Gasteiger charge is -2.21. The predicted octanol–water partition coefficient (Wildman–Crippen LogP) is 2.06. The number of nitrogens with two attached hydrogens (primary N) is 1. The summed E-state index contributed by atoms with van der Waals surface area (Å²) in [6.07, 6.45) is 0. The Hall–Kier alpha value is -1.84. The van der Waals surface area contributed by atoms with Crippen molar-refractivity contribution in [2.45, 2.75) is 13.8 Å². The highest BCUT2D eigenvalue weighted by Crippen LogP contribution is 2.23. The van der Waals surface area contributed by atoms with E-state index in [1.165, 1.54) is 0 Å². The standard InChI is InChI=1S/C12H16N4/c1-3-16(4-2)11-9-7-5-6-8-10(9)14-12(13)15-11/h5-8H,3-4H2,1-2H3,(H2,13,14,15). The Morgan fingerprint density at radius 1 is 1.12 bits per heavy atom. The minimum absolute atomic E-state index is 0.334. The first-order valence-corrected chi connectivity index (χ1v) is 5.53. The molecule has 0 fully saturated rings. The highest BCUT2D eigenvalue weighted by atomic mass is 15.2. The first-order valence-electron chi connectivity index (χ1n) is 5.53. The van der Waals surface area contributed by atoms with E-state index in [0.29, 0.717) is 5.95 Å². The first-order chi connectivity index (χ1) is 7.76. The molecule has 0 bridgehead atoms. The van der Waals surface area contributed by atoms with Gasteiger partial charge in [0.1, 0.15) is 5.82 Å². The van der Waals surface area contributed by atoms with Crippen LogP contribution in [0.4, 0.5) is 11.8 Å². The van der Waals surface area contributed by atoms with Gasteiger partial charge in [-0.25, -0.2) is 4.98 Å². The molecule has 84 valence electrons. The van der Waals surface area contributed by atoms with E-state index in [1.54, 1.807) is 0 Å². The van der Waals surface area contributed by atoms with Crippen molar-refractivity contribution in [3.05, 3.63) is 24.3 Å². The van der Waals surface area contributed by atoms with Crippen molar-refractivity contribution in [2.75, 3.05) is 23.7 Å². The number of para-hydroxylation sites is 1. The molecule has 0 saturated carbocycles. The van der Waals surface area contributed by atoms with Gasteiger partial charge in [0.15, 0.2) is 0 Å². The van der Waals surface area contributed by atoms with E-state index >= 15 is 0 Å². The highest BCUT2D eigenvalue weighted by Gasteiger charge is 2.10. The number of benzene rings is 1. The van der Waals surface area contributed by atoms with Crippen molar-refractivity contribution in [3.8, 4) is 0 Å². The van der Waals surface area contributed by atoms with Crippen LogP contribution in [0.5, 0.6) is 0 Å². The van der Waals surface area contributed by atoms with Crippen molar-refractivity contribution < 1.29 is 0 Å². The van der Waals surface area contributed by atoms with Crippen LogP contribution in [0.25, 0.3) is 10.9 Å². The van der Waals surface area contributed by atoms with Gasteiger partial charge in [0.2, 0.25) is 5.95 Å². The summed E-state index contributed by atoms with van der Waals surface area (Å²) in [5.74, 6) is 1.26. The third-order valence-corrected chi connectivity index (χ3v) is 2.66. The third-order valence-electron chi connectivity index (χ3n) is 2.66. The number of rotatable bonds is 3. The van der Waals surface area contributed by atoms with Crippen LogP contribution in [-0.4, -0.2) is 23.1 Å². The molecule has 0 aliphatic heterocycles. The minimum Gasteiger partial charge on any atom is -0.368 e. The zero-order chi connectivity index (χ0) is 11.5. The predicted molar refractivity (Wildman–Crippen MR) is 67.5 cm³/mol. The van der Waals surface area contributed by atoms with E-state index in [0.717, 1.165) is 29.8 Å². The molecule has 0 atom stereocenters. The van der Waals surface area contributed by atoms with Crippen LogP contribution in [0.3, 0.4) is 0 Å². The van der Waals surface area contributed by atoms with Crippen molar-refractivity contribution >= 4 is 22.7 Å². The zero-order valence-electron chi connectivity index (χ0n) is 9.64. The van der Waals surface area contributed by atoms with E-state index in [-0.39, 0.29) is 0 Å². The molecule has 2 rings (SSSR count). The van der Waals surface area contributed by atoms with E-state index in [1.807, 2.05) is 24.3 Å². The van der Waals surface area contributed by atoms with Crippen LogP contribution < -0.4 is 10.6 Å². The normalized spacial score (nSPS) is 10.6. The largest absolute Gasteiger partial charge is 0.368 e. The Labute approximate surface area is 95.1 Å². The summed E-state index contributed by atoms with van der Waals surface area (Å²) in [5.41, 5.74) is 6.62. The molecule has 1 aromatic heterocycles. The third kappa shape index (κ3) is 1.78. The minimum atomic E-state index is 0.334. The molecule has 0 amide bonds. The number of nitrogen functional groups attached to an aromatic ring is 1. The maximum Gasteiger partial charge on any atom is 0.222 e. The summed E-state index contributed by atoms with van der Waals surface area (Å²) in [7, 11) is 0. The van der Waals surface area contributed by atoms with Gasteiger partial charge in [-0.1, -0.05) is 12.1 Å². The molecule has 2 N–H and O–H groups in total. The average molecular weight is 216 g/mol. The highest BCUT2D eigenvalue weighted by molar-refractivity contribution is 5.90. The molecule has 2 aromatic rings. The zero-order valence-corrected chi connectivity index (χ0v) is 9.64. The van der Waals surface area contributed by atoms with Crippen LogP contribution in [0.2, 0.25) is 0 Å². The van der Waals surface area contributed by atoms with Crippen molar-refractivity contribution in [2.24, 2.45) is 0 Å². The SMILES string of the molecule is CCN(CC)c1nc(N)nc2ccccc12. The summed E-state index contributed by atoms with van der Waals surface area (Å²) in [6.45, 7) is 6.04. The molecule has 16 heavy (non-hydrogen) atoms. The van der Waals surface area contributed by atoms with E-state index in [4.69, 9.17) is 5.73 Å². The Balaban J connectivity index is 2.66. The van der Waals surface area contributed by atoms with Gasteiger partial charge in [-0.15, -0.1) is 0 Å². The van der Waals surface area contributed by atoms with Crippen molar-refractivity contribution in [3.63, 3.8) is 0 Å². The molecular weight excluding hydrogens is 200 g/mol. The van der Waals surface area contributed by atoms with E-state index in [2.05, 4.69) is 28.7 Å². The Bertz CT molecular complexity index is 491. The monoisotopic (exact) mass is 216 g/mol. The van der Waals surface area contributed by atoms with E-state index < -0.39 is 0 Å². The summed E-state index contributed by atoms with van der Waals surface area (Å²) in [4.78, 5) is 10.7. The molecule has 0 unspecified atom stereocenters. The number of anilines is 2. The van der Waals surface area contributed by atoms with Gasteiger partial charge < -0.3 is 10.6 Å². The summed E-state index contributed by atoms with van der Waals surface area (Å²) >= 11 is 0. The number of fused-ring (bicyclic) bond motifs is 1. The van der Waals surface area contributed by atoms with E-state index in [9.17, 15) is 0 Å². The maximum absolute atomic E-state index is 5.72. The smallest absolute Gasteiger partial charge is 0.222 e. The molecule has 0 aliphatic rings. The summed E-state index contributed by atoms with van der Waals surface area (Å²) < 4.78 is 0. The van der Waals surface area contributed by atoms with Gasteiger partial charge in [-0.05, 0) is 26.0 Å². The lowest BCUT2D eigenvalue weighted by molar-refractivity contribution is 0.850. The van der Waals surface area contributed by atoms with Crippen LogP contribution in [0, 0.1) is 0 Å². The van der Waals surface area contributed by atoms with Crippen LogP contribution in [-0.2, 0) is 0 Å². The van der Waals surface area contributed by atoms with Crippen LogP contribution in [0.1, 0.15) is 13.8 Å². The second kappa shape index (κ2) is 4.35. The Morgan fingerprint density at radius 2 is 1.81 bits per heavy atom. The number of nitrogens with zero attached hydrogens (tertiary/aromatic N) is 3. The van der Waals surface area contributed by atoms with Crippen LogP contribution >= 0.6 is 0 Å². The number of hydrogen-bond donors (Lipinski definition) is 1. The van der Waals surface area contributed by atoms with Crippen molar-refractivity contribution in [1.29, 1.82) is 0 Å². The first kappa shape index (κ1) is 10.7. The average Bonchev–Trinajstić information content (AvgIpc) is 2.30. The Morgan fingerprint density at radius 3 is 2.50 bits per heavy atom. The molecule has 1 heterocycles. The molecular formula is C12H16N4. The van der Waals surface area contributed by atoms with Gasteiger partial charge >= 0.3 is 0 Å². The number of aromatic nitrogens is 2. The van der Waals surface area contributed by atoms with Gasteiger partial charge in [0.05, 0.1) is 5.52 Å². The molecule has 0 spiro atoms. The van der Waals surface area contributed by atoms with Gasteiger partial charge in [-0.2, -0.15) is 4.98 Å². The quantitative estimate of drug-likeness (QED) is 0.853. The second-order valence-corrected chi connectivity index (χ2v) is 3.59. The molecule has 0 aliphatic carbocycles. The fourth-order valence-corrected chi connectivity index (χ4v) is 1.84. The summed E-state index contributed by atoms with van der Waals surface area (Å²) in [5, 5.41) is 1.06. The summed E-state index contributed by atoms with van der Waals surface area (Å²) in [6, 6.07) is 7.94. The number of hydrogen-bond acceptors (Lipinski definition) is 4. The lowest BCUT2D eigenvalue weighted by atomic mass is 10.2. The lowest BCUT2D eigenvalue weighted by Crippen LogP contribution is -2.23. The maximum atomic E-state index is 5.72. The fraction of sp³-hybridized carbons (Fsp3) is 0.333. The Kier molecular flexibility index (Phi) is 2.90. The van der Waals surface area contributed by atoms with Crippen LogP contribution in [0.15, 0.2) is 24.3 Å². The van der Waals surface area contributed by atoms with Gasteiger partial charge in [0.25, 0.3) is 0 Å². The van der Waals surface area contributed by atoms with Gasteiger partial charge in [-0.3, -0.25) is 0 Å². The van der Waals surface area contributed by atoms with Gasteiger partial charge in [0, 0.05) is 18.5 Å². The second-order valence-electron chi connectivity index (χ2n) is 3.59. The molecule has 4 heteroatoms. The molecule has 1 aromatic carbocycles. The fourth-order valence-electron chi connectivity index (χ4n) is 1.84. The molecule has 0 radical (unpaired) electrons. The molecule has 4 nitrogen and oxygen atoms in total. The molecule has 0 saturated heterocycles.